The van der Waals surface area contributed by atoms with Crippen LogP contribution >= 0.6 is 15.9 Å². The minimum Gasteiger partial charge on any atom is -0.476 e. The first-order valence-electron chi connectivity index (χ1n) is 6.05. The highest BCUT2D eigenvalue weighted by molar-refractivity contribution is 9.10. The van der Waals surface area contributed by atoms with Crippen LogP contribution in [-0.2, 0) is 6.54 Å². The Labute approximate surface area is 128 Å². The maximum Gasteiger partial charge on any atom is 0.356 e. The molecule has 0 fully saturated rings. The fourth-order valence-electron chi connectivity index (χ4n) is 1.73. The van der Waals surface area contributed by atoms with Gasteiger partial charge in [0.25, 0.3) is 5.91 Å². The topological polar surface area (TPSA) is 110 Å². The summed E-state index contributed by atoms with van der Waals surface area (Å²) in [5.41, 5.74) is 6.53. The van der Waals surface area contributed by atoms with Crippen molar-refractivity contribution in [1.82, 2.24) is 14.9 Å². The van der Waals surface area contributed by atoms with E-state index in [1.54, 1.807) is 22.8 Å². The van der Waals surface area contributed by atoms with Crippen molar-refractivity contribution >= 4 is 33.5 Å². The predicted molar refractivity (Wildman–Crippen MR) is 80.1 cm³/mol. The first kappa shape index (κ1) is 15.0. The molecule has 0 radical (unpaired) electrons. The number of benzene rings is 1. The standard InChI is InChI=1S/C13H13BrN4O3/c14-8-1-2-9(10(15)5-8)12(19)16-3-4-18-6-11(13(20)21)17-7-18/h1-2,5-7H,3-4,15H2,(H,16,19)(H,20,21). The van der Waals surface area contributed by atoms with Crippen LogP contribution in [0.1, 0.15) is 20.8 Å². The lowest BCUT2D eigenvalue weighted by molar-refractivity contribution is 0.0690. The van der Waals surface area contributed by atoms with Crippen molar-refractivity contribution in [1.29, 1.82) is 0 Å². The zero-order chi connectivity index (χ0) is 15.4. The number of carbonyl (C=O) groups excluding carboxylic acids is 1. The van der Waals surface area contributed by atoms with Gasteiger partial charge >= 0.3 is 5.97 Å². The Morgan fingerprint density at radius 2 is 2.19 bits per heavy atom. The zero-order valence-electron chi connectivity index (χ0n) is 10.9. The molecule has 0 aliphatic heterocycles. The number of nitrogen functional groups attached to an aromatic ring is 1. The summed E-state index contributed by atoms with van der Waals surface area (Å²) in [6, 6.07) is 5.03. The predicted octanol–water partition coefficient (Wildman–Crippen LogP) is 1.36. The number of aromatic carboxylic acids is 1. The van der Waals surface area contributed by atoms with E-state index in [2.05, 4.69) is 26.2 Å². The van der Waals surface area contributed by atoms with E-state index in [1.807, 2.05) is 0 Å². The second-order valence-corrected chi connectivity index (χ2v) is 5.21. The third-order valence-corrected chi connectivity index (χ3v) is 3.26. The van der Waals surface area contributed by atoms with Gasteiger partial charge in [-0.2, -0.15) is 0 Å². The molecule has 1 aromatic heterocycles. The number of anilines is 1. The SMILES string of the molecule is Nc1cc(Br)ccc1C(=O)NCCn1cnc(C(=O)O)c1. The van der Waals surface area contributed by atoms with Crippen LogP contribution in [0.3, 0.4) is 0 Å². The van der Waals surface area contributed by atoms with Gasteiger partial charge in [-0.15, -0.1) is 0 Å². The highest BCUT2D eigenvalue weighted by atomic mass is 79.9. The highest BCUT2D eigenvalue weighted by Crippen LogP contribution is 2.18. The van der Waals surface area contributed by atoms with Crippen molar-refractivity contribution in [2.24, 2.45) is 0 Å². The van der Waals surface area contributed by atoms with E-state index in [4.69, 9.17) is 10.8 Å². The lowest BCUT2D eigenvalue weighted by Crippen LogP contribution is -2.27. The zero-order valence-corrected chi connectivity index (χ0v) is 12.5. The van der Waals surface area contributed by atoms with E-state index < -0.39 is 5.97 Å². The third-order valence-electron chi connectivity index (χ3n) is 2.77. The van der Waals surface area contributed by atoms with Crippen LogP contribution in [0.2, 0.25) is 0 Å². The first-order chi connectivity index (χ1) is 9.97. The molecule has 1 heterocycles. The van der Waals surface area contributed by atoms with Gasteiger partial charge in [0.05, 0.1) is 11.9 Å². The van der Waals surface area contributed by atoms with Crippen molar-refractivity contribution in [2.45, 2.75) is 6.54 Å². The molecule has 8 heteroatoms. The van der Waals surface area contributed by atoms with Crippen molar-refractivity contribution in [2.75, 3.05) is 12.3 Å². The number of carbonyl (C=O) groups is 2. The Hall–Kier alpha value is -2.35. The van der Waals surface area contributed by atoms with E-state index in [9.17, 15) is 9.59 Å². The van der Waals surface area contributed by atoms with E-state index >= 15 is 0 Å². The second-order valence-electron chi connectivity index (χ2n) is 4.29. The smallest absolute Gasteiger partial charge is 0.356 e. The third kappa shape index (κ3) is 3.82. The van der Waals surface area contributed by atoms with Crippen LogP contribution in [0.5, 0.6) is 0 Å². The lowest BCUT2D eigenvalue weighted by atomic mass is 10.1. The number of rotatable bonds is 5. The number of carboxylic acids is 1. The number of amides is 1. The second kappa shape index (κ2) is 6.40. The molecule has 2 rings (SSSR count). The van der Waals surface area contributed by atoms with Gasteiger partial charge in [0, 0.05) is 29.4 Å². The molecular formula is C13H13BrN4O3. The van der Waals surface area contributed by atoms with Gasteiger partial charge in [-0.25, -0.2) is 9.78 Å². The van der Waals surface area contributed by atoms with Crippen molar-refractivity contribution in [3.05, 3.63) is 46.5 Å². The maximum absolute atomic E-state index is 12.0. The fourth-order valence-corrected chi connectivity index (χ4v) is 2.11. The molecule has 0 saturated carbocycles. The van der Waals surface area contributed by atoms with Crippen molar-refractivity contribution < 1.29 is 14.7 Å². The highest BCUT2D eigenvalue weighted by Gasteiger charge is 2.10. The maximum atomic E-state index is 12.0. The van der Waals surface area contributed by atoms with Crippen LogP contribution in [0.4, 0.5) is 5.69 Å². The number of nitrogens with zero attached hydrogens (tertiary/aromatic N) is 2. The number of halogens is 1. The Balaban J connectivity index is 1.90. The van der Waals surface area contributed by atoms with E-state index in [1.165, 1.54) is 12.5 Å². The van der Waals surface area contributed by atoms with Gasteiger partial charge in [0.15, 0.2) is 5.69 Å². The van der Waals surface area contributed by atoms with Gasteiger partial charge in [0.1, 0.15) is 0 Å². The number of imidazole rings is 1. The Morgan fingerprint density at radius 3 is 2.81 bits per heavy atom. The average Bonchev–Trinajstić information content (AvgIpc) is 2.87. The summed E-state index contributed by atoms with van der Waals surface area (Å²) < 4.78 is 2.39. The molecule has 21 heavy (non-hydrogen) atoms. The number of hydrogen-bond donors (Lipinski definition) is 3. The number of carboxylic acid groups (broad SMARTS) is 1. The number of hydrogen-bond acceptors (Lipinski definition) is 4. The largest absolute Gasteiger partial charge is 0.476 e. The number of aromatic nitrogens is 2. The minimum atomic E-state index is -1.08. The molecule has 2 aromatic rings. The fraction of sp³-hybridized carbons (Fsp3) is 0.154. The molecule has 0 spiro atoms. The van der Waals surface area contributed by atoms with Gasteiger partial charge in [0.2, 0.25) is 0 Å². The average molecular weight is 353 g/mol. The quantitative estimate of drug-likeness (QED) is 0.703. The normalized spacial score (nSPS) is 10.3. The van der Waals surface area contributed by atoms with Crippen molar-refractivity contribution in [3.8, 4) is 0 Å². The molecule has 110 valence electrons. The summed E-state index contributed by atoms with van der Waals surface area (Å²) in [5.74, 6) is -1.36. The Kier molecular flexibility index (Phi) is 4.59. The van der Waals surface area contributed by atoms with Gasteiger partial charge in [-0.3, -0.25) is 4.79 Å². The molecule has 1 amide bonds. The van der Waals surface area contributed by atoms with Crippen LogP contribution in [-0.4, -0.2) is 33.1 Å². The van der Waals surface area contributed by atoms with Crippen LogP contribution in [0.15, 0.2) is 35.2 Å². The van der Waals surface area contributed by atoms with Crippen LogP contribution in [0, 0.1) is 0 Å². The van der Waals surface area contributed by atoms with E-state index in [0.717, 1.165) is 4.47 Å². The summed E-state index contributed by atoms with van der Waals surface area (Å²) >= 11 is 3.27. The van der Waals surface area contributed by atoms with Crippen molar-refractivity contribution in [3.63, 3.8) is 0 Å². The van der Waals surface area contributed by atoms with Crippen LogP contribution in [0.25, 0.3) is 0 Å². The number of nitrogens with one attached hydrogen (secondary N) is 1. The number of nitrogens with two attached hydrogens (primary N) is 1. The molecule has 4 N–H and O–H groups in total. The summed E-state index contributed by atoms with van der Waals surface area (Å²) in [6.45, 7) is 0.756. The Bertz CT molecular complexity index is 684. The van der Waals surface area contributed by atoms with Gasteiger partial charge in [-0.05, 0) is 18.2 Å². The lowest BCUT2D eigenvalue weighted by Gasteiger charge is -2.08. The van der Waals surface area contributed by atoms with E-state index in [-0.39, 0.29) is 11.6 Å². The van der Waals surface area contributed by atoms with Gasteiger partial charge in [-0.1, -0.05) is 15.9 Å². The molecular weight excluding hydrogens is 340 g/mol. The molecule has 0 unspecified atom stereocenters. The summed E-state index contributed by atoms with van der Waals surface area (Å²) in [6.07, 6.45) is 2.81. The van der Waals surface area contributed by atoms with Gasteiger partial charge < -0.3 is 20.7 Å². The Morgan fingerprint density at radius 1 is 1.43 bits per heavy atom. The van der Waals surface area contributed by atoms with Crippen LogP contribution < -0.4 is 11.1 Å². The summed E-state index contributed by atoms with van der Waals surface area (Å²) in [7, 11) is 0. The molecule has 1 aromatic carbocycles. The minimum absolute atomic E-state index is 0.0292. The monoisotopic (exact) mass is 352 g/mol. The molecule has 0 bridgehead atoms. The molecule has 0 aliphatic rings. The molecule has 0 aliphatic carbocycles. The molecule has 7 nitrogen and oxygen atoms in total. The van der Waals surface area contributed by atoms with E-state index in [0.29, 0.717) is 24.3 Å². The molecule has 0 saturated heterocycles. The molecule has 0 atom stereocenters. The summed E-state index contributed by atoms with van der Waals surface area (Å²) in [5, 5.41) is 11.5. The summed E-state index contributed by atoms with van der Waals surface area (Å²) in [4.78, 5) is 26.4. The first-order valence-corrected chi connectivity index (χ1v) is 6.85.